The SMILES string of the molecule is [CH2]c1oc(Cl)nc1-c1cccc(Cl)c1. The number of hydrogen-bond donors (Lipinski definition) is 0. The van der Waals surface area contributed by atoms with Crippen LogP contribution in [0.4, 0.5) is 0 Å². The molecule has 0 amide bonds. The van der Waals surface area contributed by atoms with Crippen LogP contribution < -0.4 is 0 Å². The molecule has 0 fully saturated rings. The van der Waals surface area contributed by atoms with E-state index in [1.165, 1.54) is 0 Å². The molecule has 0 saturated heterocycles. The van der Waals surface area contributed by atoms with Crippen molar-refractivity contribution in [2.24, 2.45) is 0 Å². The second-order valence-electron chi connectivity index (χ2n) is 2.75. The van der Waals surface area contributed by atoms with Crippen molar-refractivity contribution in [2.75, 3.05) is 0 Å². The van der Waals surface area contributed by atoms with Gasteiger partial charge in [0.15, 0.2) is 0 Å². The van der Waals surface area contributed by atoms with Crippen molar-refractivity contribution in [3.05, 3.63) is 47.3 Å². The third-order valence-corrected chi connectivity index (χ3v) is 2.17. The molecule has 0 aliphatic rings. The summed E-state index contributed by atoms with van der Waals surface area (Å²) in [4.78, 5) is 4.00. The molecule has 4 heteroatoms. The molecular formula is C10H6Cl2NO. The Morgan fingerprint density at radius 3 is 2.64 bits per heavy atom. The molecule has 0 atom stereocenters. The Morgan fingerprint density at radius 1 is 1.29 bits per heavy atom. The summed E-state index contributed by atoms with van der Waals surface area (Å²) in [6.07, 6.45) is 0. The van der Waals surface area contributed by atoms with Gasteiger partial charge in [-0.05, 0) is 23.7 Å². The van der Waals surface area contributed by atoms with Crippen LogP contribution in [-0.4, -0.2) is 4.98 Å². The lowest BCUT2D eigenvalue weighted by atomic mass is 10.1. The molecule has 2 nitrogen and oxygen atoms in total. The number of hydrogen-bond acceptors (Lipinski definition) is 2. The van der Waals surface area contributed by atoms with E-state index in [1.807, 2.05) is 12.1 Å². The Kier molecular flexibility index (Phi) is 2.48. The van der Waals surface area contributed by atoms with Crippen molar-refractivity contribution < 1.29 is 4.42 Å². The molecule has 2 aromatic rings. The molecular weight excluding hydrogens is 221 g/mol. The first-order valence-corrected chi connectivity index (χ1v) is 4.66. The Hall–Kier alpha value is -0.990. The Balaban J connectivity index is 2.54. The minimum atomic E-state index is 0.0879. The van der Waals surface area contributed by atoms with E-state index < -0.39 is 0 Å². The summed E-state index contributed by atoms with van der Waals surface area (Å²) in [6, 6.07) is 7.27. The molecule has 0 aliphatic heterocycles. The van der Waals surface area contributed by atoms with Gasteiger partial charge in [0.2, 0.25) is 0 Å². The number of halogens is 2. The van der Waals surface area contributed by atoms with Gasteiger partial charge in [0.1, 0.15) is 11.5 Å². The monoisotopic (exact) mass is 226 g/mol. The maximum Gasteiger partial charge on any atom is 0.292 e. The lowest BCUT2D eigenvalue weighted by molar-refractivity contribution is 0.543. The number of benzene rings is 1. The van der Waals surface area contributed by atoms with Crippen LogP contribution in [0.5, 0.6) is 0 Å². The summed E-state index contributed by atoms with van der Waals surface area (Å²) in [7, 11) is 0. The third-order valence-electron chi connectivity index (χ3n) is 1.77. The van der Waals surface area contributed by atoms with E-state index in [0.29, 0.717) is 16.5 Å². The van der Waals surface area contributed by atoms with E-state index in [9.17, 15) is 0 Å². The summed E-state index contributed by atoms with van der Waals surface area (Å²) in [5.74, 6) is 0.442. The van der Waals surface area contributed by atoms with Crippen LogP contribution in [0.3, 0.4) is 0 Å². The van der Waals surface area contributed by atoms with E-state index in [-0.39, 0.29) is 5.35 Å². The zero-order chi connectivity index (χ0) is 10.1. The van der Waals surface area contributed by atoms with Crippen molar-refractivity contribution in [1.82, 2.24) is 4.98 Å². The zero-order valence-electron chi connectivity index (χ0n) is 7.13. The van der Waals surface area contributed by atoms with Gasteiger partial charge in [0, 0.05) is 17.5 Å². The Labute approximate surface area is 91.5 Å². The van der Waals surface area contributed by atoms with Crippen LogP contribution in [0.1, 0.15) is 5.76 Å². The molecule has 1 radical (unpaired) electrons. The van der Waals surface area contributed by atoms with Gasteiger partial charge in [-0.25, -0.2) is 0 Å². The predicted octanol–water partition coefficient (Wildman–Crippen LogP) is 3.83. The highest BCUT2D eigenvalue weighted by molar-refractivity contribution is 6.30. The number of nitrogens with zero attached hydrogens (tertiary/aromatic N) is 1. The molecule has 14 heavy (non-hydrogen) atoms. The average Bonchev–Trinajstić information content (AvgIpc) is 2.45. The molecule has 1 aromatic carbocycles. The molecule has 0 unspecified atom stereocenters. The number of rotatable bonds is 1. The van der Waals surface area contributed by atoms with Gasteiger partial charge in [-0.3, -0.25) is 0 Å². The normalized spacial score (nSPS) is 10.5. The van der Waals surface area contributed by atoms with Crippen LogP contribution >= 0.6 is 23.2 Å². The first-order valence-electron chi connectivity index (χ1n) is 3.91. The van der Waals surface area contributed by atoms with Crippen LogP contribution in [0.2, 0.25) is 10.4 Å². The smallest absolute Gasteiger partial charge is 0.292 e. The fraction of sp³-hybridized carbons (Fsp3) is 0. The first kappa shape index (κ1) is 9.56. The minimum Gasteiger partial charge on any atom is -0.432 e. The molecule has 0 aliphatic carbocycles. The topological polar surface area (TPSA) is 26.0 Å². The summed E-state index contributed by atoms with van der Waals surface area (Å²) in [5.41, 5.74) is 1.47. The summed E-state index contributed by atoms with van der Waals surface area (Å²) < 4.78 is 5.01. The molecule has 0 saturated carbocycles. The number of oxazole rings is 1. The van der Waals surface area contributed by atoms with Gasteiger partial charge >= 0.3 is 0 Å². The zero-order valence-corrected chi connectivity index (χ0v) is 8.64. The average molecular weight is 227 g/mol. The first-order chi connectivity index (χ1) is 6.66. The molecule has 2 rings (SSSR count). The Bertz CT molecular complexity index is 465. The predicted molar refractivity (Wildman–Crippen MR) is 56.4 cm³/mol. The Morgan fingerprint density at radius 2 is 2.07 bits per heavy atom. The molecule has 0 bridgehead atoms. The standard InChI is InChI=1S/C10H6Cl2NO/c1-6-9(13-10(12)14-6)7-3-2-4-8(11)5-7/h2-5H,1H2. The van der Waals surface area contributed by atoms with Crippen molar-refractivity contribution >= 4 is 23.2 Å². The lowest BCUT2D eigenvalue weighted by Crippen LogP contribution is -1.79. The summed E-state index contributed by atoms with van der Waals surface area (Å²) in [6.45, 7) is 3.69. The van der Waals surface area contributed by atoms with Crippen LogP contribution in [-0.2, 0) is 0 Å². The van der Waals surface area contributed by atoms with Crippen molar-refractivity contribution in [3.63, 3.8) is 0 Å². The maximum absolute atomic E-state index is 5.84. The quantitative estimate of drug-likeness (QED) is 0.739. The molecule has 1 heterocycles. The minimum absolute atomic E-state index is 0.0879. The highest BCUT2D eigenvalue weighted by atomic mass is 35.5. The van der Waals surface area contributed by atoms with Crippen LogP contribution in [0.25, 0.3) is 11.3 Å². The van der Waals surface area contributed by atoms with Gasteiger partial charge in [-0.2, -0.15) is 4.98 Å². The molecule has 0 spiro atoms. The van der Waals surface area contributed by atoms with Gasteiger partial charge in [0.25, 0.3) is 5.35 Å². The van der Waals surface area contributed by atoms with Crippen molar-refractivity contribution in [1.29, 1.82) is 0 Å². The molecule has 71 valence electrons. The van der Waals surface area contributed by atoms with Gasteiger partial charge in [0.05, 0.1) is 0 Å². The van der Waals surface area contributed by atoms with Crippen LogP contribution in [0.15, 0.2) is 28.7 Å². The van der Waals surface area contributed by atoms with Crippen molar-refractivity contribution in [2.45, 2.75) is 0 Å². The maximum atomic E-state index is 5.84. The largest absolute Gasteiger partial charge is 0.432 e. The summed E-state index contributed by atoms with van der Waals surface area (Å²) in [5, 5.41) is 0.728. The lowest BCUT2D eigenvalue weighted by Gasteiger charge is -1.97. The highest BCUT2D eigenvalue weighted by Crippen LogP contribution is 2.26. The van der Waals surface area contributed by atoms with Crippen molar-refractivity contribution in [3.8, 4) is 11.3 Å². The van der Waals surface area contributed by atoms with E-state index in [1.54, 1.807) is 12.1 Å². The molecule has 0 N–H and O–H groups in total. The second-order valence-corrected chi connectivity index (χ2v) is 3.51. The van der Waals surface area contributed by atoms with Gasteiger partial charge in [-0.15, -0.1) is 0 Å². The fourth-order valence-electron chi connectivity index (χ4n) is 1.18. The van der Waals surface area contributed by atoms with Crippen LogP contribution in [0, 0.1) is 6.92 Å². The second kappa shape index (κ2) is 3.64. The summed E-state index contributed by atoms with van der Waals surface area (Å²) >= 11 is 11.4. The molecule has 1 aromatic heterocycles. The number of aromatic nitrogens is 1. The van der Waals surface area contributed by atoms with Gasteiger partial charge in [-0.1, -0.05) is 23.7 Å². The van der Waals surface area contributed by atoms with E-state index in [2.05, 4.69) is 11.9 Å². The third kappa shape index (κ3) is 1.76. The van der Waals surface area contributed by atoms with E-state index in [0.717, 1.165) is 5.56 Å². The van der Waals surface area contributed by atoms with E-state index in [4.69, 9.17) is 27.6 Å². The van der Waals surface area contributed by atoms with Gasteiger partial charge < -0.3 is 4.42 Å². The fourth-order valence-corrected chi connectivity index (χ4v) is 1.55. The highest BCUT2D eigenvalue weighted by Gasteiger charge is 2.09. The van der Waals surface area contributed by atoms with E-state index >= 15 is 0 Å².